The average Bonchev–Trinajstić information content (AvgIpc) is 2.67. The summed E-state index contributed by atoms with van der Waals surface area (Å²) in [5.74, 6) is -0.643. The van der Waals surface area contributed by atoms with Crippen LogP contribution in [-0.4, -0.2) is 44.9 Å². The van der Waals surface area contributed by atoms with E-state index in [2.05, 4.69) is 5.32 Å². The first-order chi connectivity index (χ1) is 12.9. The third-order valence-electron chi connectivity index (χ3n) is 4.28. The van der Waals surface area contributed by atoms with Gasteiger partial charge in [0.1, 0.15) is 5.82 Å². The molecule has 6 nitrogen and oxygen atoms in total. The van der Waals surface area contributed by atoms with Gasteiger partial charge in [-0.2, -0.15) is 4.31 Å². The van der Waals surface area contributed by atoms with Crippen LogP contribution in [0.5, 0.6) is 0 Å². The van der Waals surface area contributed by atoms with Gasteiger partial charge in [-0.05, 0) is 42.3 Å². The molecule has 1 saturated heterocycles. The topological polar surface area (TPSA) is 75.7 Å². The van der Waals surface area contributed by atoms with Crippen LogP contribution in [0.15, 0.2) is 53.4 Å². The first-order valence-electron chi connectivity index (χ1n) is 8.67. The molecular formula is C19H21FN2O4S. The predicted molar refractivity (Wildman–Crippen MR) is 99.4 cm³/mol. The molecule has 2 aromatic rings. The molecule has 144 valence electrons. The van der Waals surface area contributed by atoms with Crippen molar-refractivity contribution in [2.24, 2.45) is 0 Å². The molecule has 1 N–H and O–H groups in total. The number of carbonyl (C=O) groups excluding carboxylic acids is 1. The molecule has 0 atom stereocenters. The minimum atomic E-state index is -3.52. The fourth-order valence-corrected chi connectivity index (χ4v) is 4.22. The molecule has 1 fully saturated rings. The molecule has 1 aliphatic rings. The van der Waals surface area contributed by atoms with Gasteiger partial charge in [-0.1, -0.05) is 18.2 Å². The lowest BCUT2D eigenvalue weighted by Crippen LogP contribution is -2.40. The zero-order valence-electron chi connectivity index (χ0n) is 14.7. The lowest BCUT2D eigenvalue weighted by atomic mass is 10.1. The smallest absolute Gasteiger partial charge is 0.243 e. The normalized spacial score (nSPS) is 15.4. The largest absolute Gasteiger partial charge is 0.379 e. The van der Waals surface area contributed by atoms with E-state index in [4.69, 9.17) is 4.74 Å². The number of nitrogens with zero attached hydrogens (tertiary/aromatic N) is 1. The summed E-state index contributed by atoms with van der Waals surface area (Å²) in [6.45, 7) is 1.50. The highest BCUT2D eigenvalue weighted by atomic mass is 32.2. The molecule has 0 spiro atoms. The molecule has 3 rings (SSSR count). The number of rotatable bonds is 6. The SMILES string of the molecule is O=C(CCc1ccc(S(=O)(=O)N2CCOCC2)cc1)Nc1cccc(F)c1. The van der Waals surface area contributed by atoms with Crippen LogP contribution < -0.4 is 5.32 Å². The summed E-state index contributed by atoms with van der Waals surface area (Å²) < 4.78 is 44.9. The van der Waals surface area contributed by atoms with Gasteiger partial charge in [-0.15, -0.1) is 0 Å². The molecule has 8 heteroatoms. The Kier molecular flexibility index (Phi) is 6.20. The molecule has 1 heterocycles. The third kappa shape index (κ3) is 5.12. The van der Waals surface area contributed by atoms with Crippen LogP contribution in [0.2, 0.25) is 0 Å². The standard InChI is InChI=1S/C19H21FN2O4S/c20-16-2-1-3-17(14-16)21-19(23)9-6-15-4-7-18(8-5-15)27(24,25)22-10-12-26-13-11-22/h1-5,7-8,14H,6,9-13H2,(H,21,23). The Morgan fingerprint density at radius 3 is 2.48 bits per heavy atom. The molecule has 0 unspecified atom stereocenters. The van der Waals surface area contributed by atoms with Gasteiger partial charge in [0.2, 0.25) is 15.9 Å². The summed E-state index contributed by atoms with van der Waals surface area (Å²) in [6.07, 6.45) is 0.672. The van der Waals surface area contributed by atoms with E-state index >= 15 is 0 Å². The molecule has 0 bridgehead atoms. The summed E-state index contributed by atoms with van der Waals surface area (Å²) >= 11 is 0. The zero-order chi connectivity index (χ0) is 19.3. The van der Waals surface area contributed by atoms with Crippen molar-refractivity contribution in [1.29, 1.82) is 0 Å². The van der Waals surface area contributed by atoms with E-state index in [1.807, 2.05) is 0 Å². The second-order valence-corrected chi connectivity index (χ2v) is 8.16. The van der Waals surface area contributed by atoms with Gasteiger partial charge >= 0.3 is 0 Å². The van der Waals surface area contributed by atoms with E-state index in [-0.39, 0.29) is 17.2 Å². The maximum atomic E-state index is 13.1. The molecule has 0 radical (unpaired) electrons. The number of amides is 1. The van der Waals surface area contributed by atoms with Gasteiger partial charge in [0.15, 0.2) is 0 Å². The minimum Gasteiger partial charge on any atom is -0.379 e. The Bertz CT molecular complexity index is 894. The van der Waals surface area contributed by atoms with Crippen LogP contribution in [0, 0.1) is 5.82 Å². The number of benzene rings is 2. The Labute approximate surface area is 158 Å². The summed E-state index contributed by atoms with van der Waals surface area (Å²) in [5, 5.41) is 2.64. The van der Waals surface area contributed by atoms with Crippen LogP contribution in [0.3, 0.4) is 0 Å². The highest BCUT2D eigenvalue weighted by Gasteiger charge is 2.26. The van der Waals surface area contributed by atoms with Gasteiger partial charge in [0, 0.05) is 25.2 Å². The van der Waals surface area contributed by atoms with Crippen LogP contribution in [0.4, 0.5) is 10.1 Å². The molecule has 27 heavy (non-hydrogen) atoms. The number of ether oxygens (including phenoxy) is 1. The Balaban J connectivity index is 1.56. The lowest BCUT2D eigenvalue weighted by molar-refractivity contribution is -0.116. The van der Waals surface area contributed by atoms with Crippen molar-refractivity contribution in [3.8, 4) is 0 Å². The van der Waals surface area contributed by atoms with E-state index < -0.39 is 15.8 Å². The van der Waals surface area contributed by atoms with Crippen molar-refractivity contribution < 1.29 is 22.3 Å². The van der Waals surface area contributed by atoms with Crippen LogP contribution >= 0.6 is 0 Å². The fourth-order valence-electron chi connectivity index (χ4n) is 2.81. The van der Waals surface area contributed by atoms with E-state index in [0.29, 0.717) is 38.4 Å². The fraction of sp³-hybridized carbons (Fsp3) is 0.316. The van der Waals surface area contributed by atoms with Gasteiger partial charge in [0.25, 0.3) is 0 Å². The lowest BCUT2D eigenvalue weighted by Gasteiger charge is -2.26. The number of morpholine rings is 1. The van der Waals surface area contributed by atoms with Crippen molar-refractivity contribution in [3.05, 3.63) is 59.9 Å². The average molecular weight is 392 g/mol. The second-order valence-electron chi connectivity index (χ2n) is 6.22. The maximum Gasteiger partial charge on any atom is 0.243 e. The second kappa shape index (κ2) is 8.60. The van der Waals surface area contributed by atoms with E-state index in [9.17, 15) is 17.6 Å². The van der Waals surface area contributed by atoms with Crippen molar-refractivity contribution >= 4 is 21.6 Å². The molecule has 0 saturated carbocycles. The Morgan fingerprint density at radius 1 is 1.11 bits per heavy atom. The van der Waals surface area contributed by atoms with E-state index in [1.54, 1.807) is 30.3 Å². The highest BCUT2D eigenvalue weighted by Crippen LogP contribution is 2.18. The number of aryl methyl sites for hydroxylation is 1. The monoisotopic (exact) mass is 392 g/mol. The van der Waals surface area contributed by atoms with E-state index in [0.717, 1.165) is 5.56 Å². The summed E-state index contributed by atoms with van der Waals surface area (Å²) in [7, 11) is -3.52. The van der Waals surface area contributed by atoms with Crippen molar-refractivity contribution in [2.75, 3.05) is 31.6 Å². The number of hydrogen-bond acceptors (Lipinski definition) is 4. The van der Waals surface area contributed by atoms with Gasteiger partial charge < -0.3 is 10.1 Å². The number of carbonyl (C=O) groups is 1. The predicted octanol–water partition coefficient (Wildman–Crippen LogP) is 2.42. The van der Waals surface area contributed by atoms with Crippen molar-refractivity contribution in [2.45, 2.75) is 17.7 Å². The summed E-state index contributed by atoms with van der Waals surface area (Å²) in [6, 6.07) is 12.2. The molecule has 0 aromatic heterocycles. The quantitative estimate of drug-likeness (QED) is 0.819. The first-order valence-corrected chi connectivity index (χ1v) is 10.1. The molecular weight excluding hydrogens is 371 g/mol. The Hall–Kier alpha value is -2.29. The number of hydrogen-bond donors (Lipinski definition) is 1. The van der Waals surface area contributed by atoms with Crippen molar-refractivity contribution in [1.82, 2.24) is 4.31 Å². The third-order valence-corrected chi connectivity index (χ3v) is 6.19. The van der Waals surface area contributed by atoms with E-state index in [1.165, 1.54) is 22.5 Å². The van der Waals surface area contributed by atoms with Gasteiger partial charge in [-0.3, -0.25) is 4.79 Å². The minimum absolute atomic E-state index is 0.214. The zero-order valence-corrected chi connectivity index (χ0v) is 15.5. The number of anilines is 1. The van der Waals surface area contributed by atoms with Crippen LogP contribution in [0.1, 0.15) is 12.0 Å². The van der Waals surface area contributed by atoms with Crippen LogP contribution in [0.25, 0.3) is 0 Å². The number of halogens is 1. The maximum absolute atomic E-state index is 13.1. The van der Waals surface area contributed by atoms with Crippen LogP contribution in [-0.2, 0) is 26.0 Å². The Morgan fingerprint density at radius 2 is 1.81 bits per heavy atom. The molecule has 0 aliphatic carbocycles. The summed E-state index contributed by atoms with van der Waals surface area (Å²) in [5.41, 5.74) is 1.26. The molecule has 2 aromatic carbocycles. The van der Waals surface area contributed by atoms with Gasteiger partial charge in [-0.25, -0.2) is 12.8 Å². The summed E-state index contributed by atoms with van der Waals surface area (Å²) in [4.78, 5) is 12.2. The highest BCUT2D eigenvalue weighted by molar-refractivity contribution is 7.89. The first kappa shape index (κ1) is 19.5. The van der Waals surface area contributed by atoms with Crippen molar-refractivity contribution in [3.63, 3.8) is 0 Å². The number of nitrogens with one attached hydrogen (secondary N) is 1. The van der Waals surface area contributed by atoms with Gasteiger partial charge in [0.05, 0.1) is 18.1 Å². The molecule has 1 aliphatic heterocycles. The number of sulfonamides is 1. The molecule has 1 amide bonds.